The second-order valence-corrected chi connectivity index (χ2v) is 5.29. The van der Waals surface area contributed by atoms with Crippen LogP contribution in [0.4, 0.5) is 0 Å². The van der Waals surface area contributed by atoms with Crippen molar-refractivity contribution in [3.63, 3.8) is 0 Å². The van der Waals surface area contributed by atoms with E-state index >= 15 is 0 Å². The molecule has 0 radical (unpaired) electrons. The van der Waals surface area contributed by atoms with Crippen LogP contribution in [0.3, 0.4) is 0 Å². The molecule has 0 aromatic rings. The normalized spacial score (nSPS) is 27.0. The number of hydrogen-bond acceptors (Lipinski definition) is 3. The highest BCUT2D eigenvalue weighted by Crippen LogP contribution is 2.21. The molecular weight excluding hydrogens is 214 g/mol. The van der Waals surface area contributed by atoms with Crippen LogP contribution in [0.2, 0.25) is 0 Å². The molecule has 0 bridgehead atoms. The van der Waals surface area contributed by atoms with Crippen molar-refractivity contribution in [2.24, 2.45) is 0 Å². The van der Waals surface area contributed by atoms with Gasteiger partial charge in [0.15, 0.2) is 5.78 Å². The van der Waals surface area contributed by atoms with Crippen LogP contribution < -0.4 is 0 Å². The van der Waals surface area contributed by atoms with Crippen molar-refractivity contribution >= 4 is 5.78 Å². The molecular formula is C14H23NO2. The molecule has 0 aromatic carbocycles. The summed E-state index contributed by atoms with van der Waals surface area (Å²) in [5.74, 6) is 0.232. The summed E-state index contributed by atoms with van der Waals surface area (Å²) in [6.45, 7) is 6.73. The van der Waals surface area contributed by atoms with E-state index in [1.165, 1.54) is 6.42 Å². The van der Waals surface area contributed by atoms with Gasteiger partial charge in [0, 0.05) is 19.1 Å². The van der Waals surface area contributed by atoms with Crippen LogP contribution in [-0.2, 0) is 9.53 Å². The minimum absolute atomic E-state index is 0.226. The SMILES string of the molecule is CC(C)N1CCOC(C(=O)C2=CCCCC2)C1. The van der Waals surface area contributed by atoms with E-state index in [1.807, 2.05) is 0 Å². The number of ether oxygens (including phenoxy) is 1. The quantitative estimate of drug-likeness (QED) is 0.753. The van der Waals surface area contributed by atoms with Crippen molar-refractivity contribution in [2.75, 3.05) is 19.7 Å². The Morgan fingerprint density at radius 1 is 1.47 bits per heavy atom. The number of rotatable bonds is 3. The van der Waals surface area contributed by atoms with Crippen molar-refractivity contribution in [1.29, 1.82) is 0 Å². The van der Waals surface area contributed by atoms with Crippen molar-refractivity contribution in [2.45, 2.75) is 51.7 Å². The lowest BCUT2D eigenvalue weighted by molar-refractivity contribution is -0.133. The first-order valence-electron chi connectivity index (χ1n) is 6.77. The van der Waals surface area contributed by atoms with Crippen molar-refractivity contribution in [1.82, 2.24) is 4.90 Å². The molecule has 0 amide bonds. The monoisotopic (exact) mass is 237 g/mol. The molecule has 0 saturated carbocycles. The highest BCUT2D eigenvalue weighted by molar-refractivity contribution is 5.99. The van der Waals surface area contributed by atoms with Gasteiger partial charge in [-0.25, -0.2) is 0 Å². The maximum absolute atomic E-state index is 12.3. The Hall–Kier alpha value is -0.670. The number of allylic oxidation sites excluding steroid dienone is 1. The zero-order valence-electron chi connectivity index (χ0n) is 10.9. The lowest BCUT2D eigenvalue weighted by atomic mass is 9.93. The first kappa shape index (κ1) is 12.8. The molecule has 0 spiro atoms. The molecule has 1 unspecified atom stereocenters. The van der Waals surface area contributed by atoms with Gasteiger partial charge in [0.2, 0.25) is 0 Å². The van der Waals surface area contributed by atoms with Crippen molar-refractivity contribution in [3.05, 3.63) is 11.6 Å². The van der Waals surface area contributed by atoms with E-state index in [1.54, 1.807) is 0 Å². The van der Waals surface area contributed by atoms with Crippen molar-refractivity contribution < 1.29 is 9.53 Å². The van der Waals surface area contributed by atoms with E-state index in [9.17, 15) is 4.79 Å². The molecule has 96 valence electrons. The van der Waals surface area contributed by atoms with Gasteiger partial charge in [-0.1, -0.05) is 6.08 Å². The Balaban J connectivity index is 1.97. The van der Waals surface area contributed by atoms with Crippen LogP contribution in [0.1, 0.15) is 39.5 Å². The zero-order chi connectivity index (χ0) is 12.3. The van der Waals surface area contributed by atoms with E-state index in [0.29, 0.717) is 12.6 Å². The highest BCUT2D eigenvalue weighted by Gasteiger charge is 2.29. The smallest absolute Gasteiger partial charge is 0.188 e. The van der Waals surface area contributed by atoms with E-state index < -0.39 is 0 Å². The standard InChI is InChI=1S/C14H23NO2/c1-11(2)15-8-9-17-13(10-15)14(16)12-6-4-3-5-7-12/h6,11,13H,3-5,7-10H2,1-2H3. The number of ketones is 1. The first-order valence-corrected chi connectivity index (χ1v) is 6.77. The van der Waals surface area contributed by atoms with Crippen LogP contribution in [0.15, 0.2) is 11.6 Å². The Bertz CT molecular complexity index is 309. The minimum atomic E-state index is -0.226. The summed E-state index contributed by atoms with van der Waals surface area (Å²) in [6, 6.07) is 0.495. The molecule has 1 aliphatic carbocycles. The fourth-order valence-electron chi connectivity index (χ4n) is 2.57. The first-order chi connectivity index (χ1) is 8.18. The summed E-state index contributed by atoms with van der Waals surface area (Å²) in [5.41, 5.74) is 1.01. The molecule has 2 aliphatic rings. The largest absolute Gasteiger partial charge is 0.367 e. The number of hydrogen-bond donors (Lipinski definition) is 0. The summed E-state index contributed by atoms with van der Waals surface area (Å²) >= 11 is 0. The zero-order valence-corrected chi connectivity index (χ0v) is 10.9. The van der Waals surface area contributed by atoms with Crippen LogP contribution in [0, 0.1) is 0 Å². The fourth-order valence-corrected chi connectivity index (χ4v) is 2.57. The molecule has 0 N–H and O–H groups in total. The number of nitrogens with zero attached hydrogens (tertiary/aromatic N) is 1. The highest BCUT2D eigenvalue weighted by atomic mass is 16.5. The third-order valence-corrected chi connectivity index (χ3v) is 3.73. The predicted octanol–water partition coefficient (Wildman–Crippen LogP) is 2.17. The van der Waals surface area contributed by atoms with Gasteiger partial charge in [0.05, 0.1) is 6.61 Å². The van der Waals surface area contributed by atoms with Crippen LogP contribution in [-0.4, -0.2) is 42.5 Å². The summed E-state index contributed by atoms with van der Waals surface area (Å²) in [5, 5.41) is 0. The Morgan fingerprint density at radius 2 is 2.29 bits per heavy atom. The van der Waals surface area contributed by atoms with Crippen LogP contribution >= 0.6 is 0 Å². The van der Waals surface area contributed by atoms with Crippen LogP contribution in [0.5, 0.6) is 0 Å². The van der Waals surface area contributed by atoms with Gasteiger partial charge in [-0.2, -0.15) is 0 Å². The van der Waals surface area contributed by atoms with E-state index in [0.717, 1.165) is 37.9 Å². The molecule has 1 atom stereocenters. The van der Waals surface area contributed by atoms with Crippen molar-refractivity contribution in [3.8, 4) is 0 Å². The van der Waals surface area contributed by atoms with Gasteiger partial charge >= 0.3 is 0 Å². The lowest BCUT2D eigenvalue weighted by Crippen LogP contribution is -2.49. The lowest BCUT2D eigenvalue weighted by Gasteiger charge is -2.35. The second kappa shape index (κ2) is 5.78. The number of morpholine rings is 1. The summed E-state index contributed by atoms with van der Waals surface area (Å²) in [7, 11) is 0. The Kier molecular flexibility index (Phi) is 4.35. The summed E-state index contributed by atoms with van der Waals surface area (Å²) < 4.78 is 5.64. The van der Waals surface area contributed by atoms with Gasteiger partial charge in [-0.3, -0.25) is 9.69 Å². The van der Waals surface area contributed by atoms with Gasteiger partial charge in [-0.05, 0) is 45.1 Å². The molecule has 17 heavy (non-hydrogen) atoms. The van der Waals surface area contributed by atoms with Crippen LogP contribution in [0.25, 0.3) is 0 Å². The van der Waals surface area contributed by atoms with Gasteiger partial charge < -0.3 is 4.74 Å². The molecule has 0 aromatic heterocycles. The topological polar surface area (TPSA) is 29.5 Å². The third-order valence-electron chi connectivity index (χ3n) is 3.73. The summed E-state index contributed by atoms with van der Waals surface area (Å²) in [6.07, 6.45) is 6.26. The number of carbonyl (C=O) groups is 1. The minimum Gasteiger partial charge on any atom is -0.367 e. The van der Waals surface area contributed by atoms with E-state index in [4.69, 9.17) is 4.74 Å². The molecule has 1 heterocycles. The maximum atomic E-state index is 12.3. The molecule has 1 aliphatic heterocycles. The predicted molar refractivity (Wildman–Crippen MR) is 68.0 cm³/mol. The fraction of sp³-hybridized carbons (Fsp3) is 0.786. The average Bonchev–Trinajstić information content (AvgIpc) is 2.39. The number of Topliss-reactive ketones (excluding diaryl/α,β-unsaturated/α-hetero) is 1. The third kappa shape index (κ3) is 3.17. The number of carbonyl (C=O) groups excluding carboxylic acids is 1. The molecule has 1 fully saturated rings. The Morgan fingerprint density at radius 3 is 2.94 bits per heavy atom. The molecule has 2 rings (SSSR count). The van der Waals surface area contributed by atoms with Gasteiger partial charge in [0.1, 0.15) is 6.10 Å². The maximum Gasteiger partial charge on any atom is 0.188 e. The second-order valence-electron chi connectivity index (χ2n) is 5.29. The summed E-state index contributed by atoms with van der Waals surface area (Å²) in [4.78, 5) is 14.6. The Labute approximate surface area is 104 Å². The van der Waals surface area contributed by atoms with E-state index in [-0.39, 0.29) is 11.9 Å². The molecule has 3 nitrogen and oxygen atoms in total. The van der Waals surface area contributed by atoms with Gasteiger partial charge in [0.25, 0.3) is 0 Å². The average molecular weight is 237 g/mol. The van der Waals surface area contributed by atoms with E-state index in [2.05, 4.69) is 24.8 Å². The molecule has 3 heteroatoms. The molecule has 1 saturated heterocycles. The van der Waals surface area contributed by atoms with Gasteiger partial charge in [-0.15, -0.1) is 0 Å².